The topological polar surface area (TPSA) is 61.8 Å². The molecule has 0 radical (unpaired) electrons. The van der Waals surface area contributed by atoms with Gasteiger partial charge in [-0.2, -0.15) is 0 Å². The lowest BCUT2D eigenvalue weighted by Gasteiger charge is -2.06. The minimum Gasteiger partial charge on any atom is -0.497 e. The summed E-state index contributed by atoms with van der Waals surface area (Å²) < 4.78 is 13.3. The summed E-state index contributed by atoms with van der Waals surface area (Å²) >= 11 is 3.53. The number of nitrogen functional groups attached to an aromatic ring is 1. The van der Waals surface area contributed by atoms with E-state index in [-0.39, 0.29) is 0 Å². The number of rotatable bonds is 3. The monoisotopic (exact) mass is 347 g/mol. The quantitative estimate of drug-likeness (QED) is 0.788. The number of hydrogen-bond acceptors (Lipinski definition) is 4. The smallest absolute Gasteiger partial charge is 0.181 e. The van der Waals surface area contributed by atoms with Gasteiger partial charge in [0.15, 0.2) is 11.4 Å². The first-order valence-corrected chi connectivity index (χ1v) is 7.09. The average molecular weight is 348 g/mol. The van der Waals surface area contributed by atoms with Crippen LogP contribution in [0.15, 0.2) is 41.0 Å². The maximum Gasteiger partial charge on any atom is 0.181 e. The third-order valence-corrected chi connectivity index (χ3v) is 3.99. The number of fused-ring (bicyclic) bond motifs is 1. The van der Waals surface area contributed by atoms with Crippen molar-refractivity contribution in [3.8, 4) is 22.8 Å². The first-order chi connectivity index (χ1) is 10.2. The van der Waals surface area contributed by atoms with Crippen LogP contribution >= 0.6 is 15.9 Å². The Morgan fingerprint density at radius 3 is 2.71 bits per heavy atom. The van der Waals surface area contributed by atoms with Crippen molar-refractivity contribution in [1.82, 2.24) is 9.38 Å². The van der Waals surface area contributed by atoms with E-state index in [0.717, 1.165) is 15.8 Å². The van der Waals surface area contributed by atoms with Crippen molar-refractivity contribution >= 4 is 27.4 Å². The van der Waals surface area contributed by atoms with Crippen LogP contribution in [0.1, 0.15) is 0 Å². The number of halogens is 1. The molecule has 0 aliphatic carbocycles. The highest BCUT2D eigenvalue weighted by molar-refractivity contribution is 9.10. The van der Waals surface area contributed by atoms with Crippen LogP contribution < -0.4 is 15.2 Å². The maximum absolute atomic E-state index is 6.24. The number of pyridine rings is 1. The van der Waals surface area contributed by atoms with Gasteiger partial charge >= 0.3 is 0 Å². The molecule has 0 saturated heterocycles. The van der Waals surface area contributed by atoms with Gasteiger partial charge in [0.05, 0.1) is 14.2 Å². The van der Waals surface area contributed by atoms with Gasteiger partial charge in [0.1, 0.15) is 17.3 Å². The highest BCUT2D eigenvalue weighted by atomic mass is 79.9. The number of ether oxygens (including phenoxy) is 2. The van der Waals surface area contributed by atoms with Crippen LogP contribution in [0.25, 0.3) is 16.9 Å². The third-order valence-electron chi connectivity index (χ3n) is 3.30. The Kier molecular flexibility index (Phi) is 3.47. The Morgan fingerprint density at radius 1 is 1.19 bits per heavy atom. The van der Waals surface area contributed by atoms with Gasteiger partial charge in [0, 0.05) is 16.2 Å². The molecule has 2 heterocycles. The molecule has 0 bridgehead atoms. The zero-order chi connectivity index (χ0) is 15.0. The van der Waals surface area contributed by atoms with Crippen LogP contribution in [0, 0.1) is 0 Å². The van der Waals surface area contributed by atoms with E-state index >= 15 is 0 Å². The molecule has 6 heteroatoms. The molecule has 3 rings (SSSR count). The average Bonchev–Trinajstić information content (AvgIpc) is 2.85. The minimum absolute atomic E-state index is 0.554. The van der Waals surface area contributed by atoms with Crippen molar-refractivity contribution < 1.29 is 9.47 Å². The predicted octanol–water partition coefficient (Wildman–Crippen LogP) is 3.36. The van der Waals surface area contributed by atoms with Gasteiger partial charge in [-0.1, -0.05) is 15.9 Å². The van der Waals surface area contributed by atoms with Crippen LogP contribution in [0.5, 0.6) is 11.5 Å². The highest BCUT2D eigenvalue weighted by Crippen LogP contribution is 2.36. The fraction of sp³-hybridized carbons (Fsp3) is 0.133. The zero-order valence-corrected chi connectivity index (χ0v) is 13.2. The van der Waals surface area contributed by atoms with Crippen molar-refractivity contribution in [3.63, 3.8) is 0 Å². The summed E-state index contributed by atoms with van der Waals surface area (Å²) in [5, 5.41) is 0. The highest BCUT2D eigenvalue weighted by Gasteiger charge is 2.16. The van der Waals surface area contributed by atoms with Gasteiger partial charge in [-0.15, -0.1) is 0 Å². The van der Waals surface area contributed by atoms with Crippen LogP contribution in [0.3, 0.4) is 0 Å². The van der Waals surface area contributed by atoms with Crippen molar-refractivity contribution in [3.05, 3.63) is 41.0 Å². The van der Waals surface area contributed by atoms with E-state index in [1.54, 1.807) is 18.6 Å². The molecule has 21 heavy (non-hydrogen) atoms. The molecule has 3 aromatic rings. The molecule has 0 amide bonds. The first kappa shape index (κ1) is 13.8. The number of aromatic nitrogens is 2. The third kappa shape index (κ3) is 2.21. The summed E-state index contributed by atoms with van der Waals surface area (Å²) in [4.78, 5) is 4.62. The van der Waals surface area contributed by atoms with Crippen LogP contribution in [-0.2, 0) is 0 Å². The Hall–Kier alpha value is -2.21. The molecule has 0 atom stereocenters. The van der Waals surface area contributed by atoms with E-state index in [2.05, 4.69) is 20.9 Å². The molecule has 0 spiro atoms. The maximum atomic E-state index is 6.24. The number of methoxy groups -OCH3 is 2. The SMILES string of the molecule is COc1ccc(Br)c(-c2nc3c(OC)cccn3c2N)c1. The summed E-state index contributed by atoms with van der Waals surface area (Å²) in [5.41, 5.74) is 8.48. The Balaban J connectivity index is 2.28. The summed E-state index contributed by atoms with van der Waals surface area (Å²) in [5.74, 6) is 1.98. The molecule has 108 valence electrons. The van der Waals surface area contributed by atoms with E-state index in [9.17, 15) is 0 Å². The molecule has 2 N–H and O–H groups in total. The molecule has 2 aromatic heterocycles. The van der Waals surface area contributed by atoms with Gasteiger partial charge in [-0.3, -0.25) is 4.40 Å². The second-order valence-electron chi connectivity index (χ2n) is 4.46. The van der Waals surface area contributed by atoms with Crippen molar-refractivity contribution in [2.24, 2.45) is 0 Å². The number of benzene rings is 1. The molecule has 0 aliphatic rings. The van der Waals surface area contributed by atoms with Crippen LogP contribution in [0.2, 0.25) is 0 Å². The lowest BCUT2D eigenvalue weighted by atomic mass is 10.1. The van der Waals surface area contributed by atoms with Crippen molar-refractivity contribution in [2.45, 2.75) is 0 Å². The van der Waals surface area contributed by atoms with E-state index < -0.39 is 0 Å². The van der Waals surface area contributed by atoms with E-state index in [0.29, 0.717) is 22.9 Å². The summed E-state index contributed by atoms with van der Waals surface area (Å²) in [7, 11) is 3.24. The fourth-order valence-electron chi connectivity index (χ4n) is 2.23. The van der Waals surface area contributed by atoms with E-state index in [1.165, 1.54) is 0 Å². The van der Waals surface area contributed by atoms with E-state index in [1.807, 2.05) is 36.5 Å². The Bertz CT molecular complexity index is 814. The standard InChI is InChI=1S/C15H14BrN3O2/c1-20-9-5-6-11(16)10(8-9)13-14(17)19-7-3-4-12(21-2)15(19)18-13/h3-8H,17H2,1-2H3. The predicted molar refractivity (Wildman–Crippen MR) is 85.8 cm³/mol. The van der Waals surface area contributed by atoms with E-state index in [4.69, 9.17) is 15.2 Å². The minimum atomic E-state index is 0.554. The molecular formula is C15H14BrN3O2. The Morgan fingerprint density at radius 2 is 2.00 bits per heavy atom. The lowest BCUT2D eigenvalue weighted by Crippen LogP contribution is -1.95. The van der Waals surface area contributed by atoms with Gasteiger partial charge in [-0.05, 0) is 30.3 Å². The normalized spacial score (nSPS) is 10.8. The van der Waals surface area contributed by atoms with Gasteiger partial charge in [0.2, 0.25) is 0 Å². The largest absolute Gasteiger partial charge is 0.497 e. The Labute approximate surface area is 130 Å². The second-order valence-corrected chi connectivity index (χ2v) is 5.32. The molecule has 0 fully saturated rings. The lowest BCUT2D eigenvalue weighted by molar-refractivity contribution is 0.415. The van der Waals surface area contributed by atoms with Crippen LogP contribution in [0.4, 0.5) is 5.82 Å². The number of hydrogen-bond donors (Lipinski definition) is 1. The van der Waals surface area contributed by atoms with Gasteiger partial charge < -0.3 is 15.2 Å². The first-order valence-electron chi connectivity index (χ1n) is 6.30. The molecule has 5 nitrogen and oxygen atoms in total. The second kappa shape index (κ2) is 5.29. The van der Waals surface area contributed by atoms with Crippen molar-refractivity contribution in [1.29, 1.82) is 0 Å². The number of imidazole rings is 1. The summed E-state index contributed by atoms with van der Waals surface area (Å²) in [6.45, 7) is 0. The summed E-state index contributed by atoms with van der Waals surface area (Å²) in [6, 6.07) is 9.41. The molecule has 1 aromatic carbocycles. The molecule has 0 saturated carbocycles. The molecule has 0 aliphatic heterocycles. The fourth-order valence-corrected chi connectivity index (χ4v) is 2.67. The summed E-state index contributed by atoms with van der Waals surface area (Å²) in [6.07, 6.45) is 1.86. The van der Waals surface area contributed by atoms with Crippen molar-refractivity contribution in [2.75, 3.05) is 20.0 Å². The number of nitrogens with zero attached hydrogens (tertiary/aromatic N) is 2. The van der Waals surface area contributed by atoms with Crippen LogP contribution in [-0.4, -0.2) is 23.6 Å². The molecule has 0 unspecified atom stereocenters. The van der Waals surface area contributed by atoms with Gasteiger partial charge in [-0.25, -0.2) is 4.98 Å². The zero-order valence-electron chi connectivity index (χ0n) is 11.6. The number of anilines is 1. The molecular weight excluding hydrogens is 334 g/mol. The van der Waals surface area contributed by atoms with Gasteiger partial charge in [0.25, 0.3) is 0 Å². The number of nitrogens with two attached hydrogens (primary N) is 1.